The highest BCUT2D eigenvalue weighted by molar-refractivity contribution is 9.09. The first-order valence-corrected chi connectivity index (χ1v) is 6.56. The molecule has 0 amide bonds. The number of alkyl halides is 1. The van der Waals surface area contributed by atoms with Crippen LogP contribution in [0.4, 0.5) is 5.95 Å². The Labute approximate surface area is 114 Å². The lowest BCUT2D eigenvalue weighted by atomic mass is 10.3. The molecule has 96 valence electrons. The topological polar surface area (TPSA) is 51.1 Å². The van der Waals surface area contributed by atoms with Gasteiger partial charge in [-0.05, 0) is 12.1 Å². The van der Waals surface area contributed by atoms with Gasteiger partial charge in [0.15, 0.2) is 0 Å². The smallest absolute Gasteiger partial charge is 0.245 e. The average molecular weight is 311 g/mol. The number of hydrogen-bond acceptors (Lipinski definition) is 5. The number of anilines is 1. The highest BCUT2D eigenvalue weighted by atomic mass is 79.9. The Hall–Kier alpha value is -1.27. The molecule has 1 aromatic heterocycles. The van der Waals surface area contributed by atoms with Crippen molar-refractivity contribution in [3.63, 3.8) is 0 Å². The Morgan fingerprint density at radius 1 is 1.28 bits per heavy atom. The number of rotatable bonds is 5. The van der Waals surface area contributed by atoms with Crippen LogP contribution in [0.1, 0.15) is 0 Å². The molecule has 1 aromatic carbocycles. The molecule has 0 radical (unpaired) electrons. The van der Waals surface area contributed by atoms with Crippen LogP contribution >= 0.6 is 15.9 Å². The van der Waals surface area contributed by atoms with Gasteiger partial charge in [-0.1, -0.05) is 28.1 Å². The summed E-state index contributed by atoms with van der Waals surface area (Å²) in [6.07, 6.45) is 0. The number of para-hydroxylation sites is 1. The fourth-order valence-electron chi connectivity index (χ4n) is 1.65. The van der Waals surface area contributed by atoms with Gasteiger partial charge in [0.25, 0.3) is 0 Å². The van der Waals surface area contributed by atoms with Gasteiger partial charge in [-0.2, -0.15) is 0 Å². The van der Waals surface area contributed by atoms with Gasteiger partial charge in [0.2, 0.25) is 5.95 Å². The second kappa shape index (κ2) is 6.06. The molecular formula is C12H15BrN4O. The van der Waals surface area contributed by atoms with Gasteiger partial charge >= 0.3 is 0 Å². The summed E-state index contributed by atoms with van der Waals surface area (Å²) in [7, 11) is 3.62. The normalized spacial score (nSPS) is 12.6. The summed E-state index contributed by atoms with van der Waals surface area (Å²) >= 11 is 3.54. The average Bonchev–Trinajstić information content (AvgIpc) is 2.38. The molecular weight excluding hydrogens is 296 g/mol. The summed E-state index contributed by atoms with van der Waals surface area (Å²) in [4.78, 5) is 6.67. The molecule has 0 aliphatic carbocycles. The molecule has 1 atom stereocenters. The third-order valence-corrected chi connectivity index (χ3v) is 3.06. The second-order valence-corrected chi connectivity index (χ2v) is 5.33. The zero-order chi connectivity index (χ0) is 13.0. The van der Waals surface area contributed by atoms with Crippen LogP contribution < -0.4 is 4.90 Å². The summed E-state index contributed by atoms with van der Waals surface area (Å²) in [6, 6.07) is 7.70. The minimum absolute atomic E-state index is 0.238. The van der Waals surface area contributed by atoms with Crippen molar-refractivity contribution in [1.82, 2.24) is 15.2 Å². The van der Waals surface area contributed by atoms with Gasteiger partial charge in [-0.25, -0.2) is 4.98 Å². The highest BCUT2D eigenvalue weighted by Gasteiger charge is 2.11. The van der Waals surface area contributed by atoms with Gasteiger partial charge in [-0.15, -0.1) is 10.2 Å². The molecule has 6 heteroatoms. The second-order valence-electron chi connectivity index (χ2n) is 4.03. The maximum atomic E-state index is 5.08. The van der Waals surface area contributed by atoms with Crippen molar-refractivity contribution in [3.05, 3.63) is 24.3 Å². The SMILES string of the molecule is COCC(Br)CN(C)c1nnc2ccccc2n1. The first kappa shape index (κ1) is 13.2. The molecule has 1 heterocycles. The van der Waals surface area contributed by atoms with Crippen molar-refractivity contribution >= 4 is 32.9 Å². The number of aromatic nitrogens is 3. The van der Waals surface area contributed by atoms with E-state index in [-0.39, 0.29) is 4.83 Å². The maximum Gasteiger partial charge on any atom is 0.245 e. The van der Waals surface area contributed by atoms with Crippen LogP contribution in [-0.2, 0) is 4.74 Å². The largest absolute Gasteiger partial charge is 0.383 e. The van der Waals surface area contributed by atoms with E-state index in [1.807, 2.05) is 36.2 Å². The molecule has 0 spiro atoms. The van der Waals surface area contributed by atoms with E-state index in [1.54, 1.807) is 7.11 Å². The predicted octanol–water partition coefficient (Wildman–Crippen LogP) is 1.87. The van der Waals surface area contributed by atoms with E-state index in [1.165, 1.54) is 0 Å². The molecule has 0 aliphatic heterocycles. The Morgan fingerprint density at radius 3 is 2.72 bits per heavy atom. The molecule has 18 heavy (non-hydrogen) atoms. The standard InChI is InChI=1S/C12H15BrN4O/c1-17(7-9(13)8-18-2)12-14-10-5-3-4-6-11(10)15-16-12/h3-6,9H,7-8H2,1-2H3. The Kier molecular flexibility index (Phi) is 4.43. The van der Waals surface area contributed by atoms with Crippen molar-refractivity contribution in [2.75, 3.05) is 32.2 Å². The first-order chi connectivity index (χ1) is 8.70. The fourth-order valence-corrected chi connectivity index (χ4v) is 2.34. The summed E-state index contributed by atoms with van der Waals surface area (Å²) < 4.78 is 5.08. The molecule has 0 fully saturated rings. The lowest BCUT2D eigenvalue weighted by Crippen LogP contribution is -2.29. The van der Waals surface area contributed by atoms with E-state index >= 15 is 0 Å². The van der Waals surface area contributed by atoms with Crippen LogP contribution in [0.15, 0.2) is 24.3 Å². The lowest BCUT2D eigenvalue weighted by Gasteiger charge is -2.19. The summed E-state index contributed by atoms with van der Waals surface area (Å²) in [5.41, 5.74) is 1.66. The number of ether oxygens (including phenoxy) is 1. The van der Waals surface area contributed by atoms with Gasteiger partial charge in [0.1, 0.15) is 5.52 Å². The zero-order valence-electron chi connectivity index (χ0n) is 10.4. The van der Waals surface area contributed by atoms with Crippen LogP contribution in [0.2, 0.25) is 0 Å². The number of fused-ring (bicyclic) bond motifs is 1. The van der Waals surface area contributed by atoms with Crippen molar-refractivity contribution in [3.8, 4) is 0 Å². The Morgan fingerprint density at radius 2 is 2.00 bits per heavy atom. The van der Waals surface area contributed by atoms with Crippen LogP contribution in [0.25, 0.3) is 11.0 Å². The predicted molar refractivity (Wildman–Crippen MR) is 75.2 cm³/mol. The van der Waals surface area contributed by atoms with Crippen LogP contribution in [0.3, 0.4) is 0 Å². The molecule has 5 nitrogen and oxygen atoms in total. The fraction of sp³-hybridized carbons (Fsp3) is 0.417. The number of methoxy groups -OCH3 is 1. The maximum absolute atomic E-state index is 5.08. The van der Waals surface area contributed by atoms with Crippen LogP contribution in [0, 0.1) is 0 Å². The van der Waals surface area contributed by atoms with Crippen molar-refractivity contribution < 1.29 is 4.74 Å². The quantitative estimate of drug-likeness (QED) is 0.789. The number of nitrogens with zero attached hydrogens (tertiary/aromatic N) is 4. The van der Waals surface area contributed by atoms with Crippen molar-refractivity contribution in [2.45, 2.75) is 4.83 Å². The van der Waals surface area contributed by atoms with Crippen molar-refractivity contribution in [1.29, 1.82) is 0 Å². The van der Waals surface area contributed by atoms with Gasteiger partial charge in [-0.3, -0.25) is 0 Å². The van der Waals surface area contributed by atoms with Crippen LogP contribution in [0.5, 0.6) is 0 Å². The zero-order valence-corrected chi connectivity index (χ0v) is 12.0. The summed E-state index contributed by atoms with van der Waals surface area (Å²) in [6.45, 7) is 1.40. The van der Waals surface area contributed by atoms with E-state index in [9.17, 15) is 0 Å². The monoisotopic (exact) mass is 310 g/mol. The Balaban J connectivity index is 2.15. The molecule has 0 bridgehead atoms. The van der Waals surface area contributed by atoms with Crippen LogP contribution in [-0.4, -0.2) is 47.3 Å². The molecule has 0 N–H and O–H groups in total. The first-order valence-electron chi connectivity index (χ1n) is 5.64. The van der Waals surface area contributed by atoms with E-state index in [0.29, 0.717) is 12.6 Å². The number of halogens is 1. The summed E-state index contributed by atoms with van der Waals surface area (Å²) in [5.74, 6) is 0.620. The highest BCUT2D eigenvalue weighted by Crippen LogP contribution is 2.12. The van der Waals surface area contributed by atoms with E-state index < -0.39 is 0 Å². The molecule has 0 saturated carbocycles. The van der Waals surface area contributed by atoms with Gasteiger partial charge in [0, 0.05) is 20.7 Å². The minimum atomic E-state index is 0.238. The van der Waals surface area contributed by atoms with Crippen molar-refractivity contribution in [2.24, 2.45) is 0 Å². The van der Waals surface area contributed by atoms with Gasteiger partial charge in [0.05, 0.1) is 17.0 Å². The third kappa shape index (κ3) is 3.14. The number of hydrogen-bond donors (Lipinski definition) is 0. The third-order valence-electron chi connectivity index (χ3n) is 2.51. The summed E-state index contributed by atoms with van der Waals surface area (Å²) in [5, 5.41) is 8.28. The molecule has 1 unspecified atom stereocenters. The van der Waals surface area contributed by atoms with Gasteiger partial charge < -0.3 is 9.64 Å². The Bertz CT molecular complexity index is 522. The molecule has 2 rings (SSSR count). The lowest BCUT2D eigenvalue weighted by molar-refractivity contribution is 0.201. The molecule has 2 aromatic rings. The minimum Gasteiger partial charge on any atom is -0.383 e. The van der Waals surface area contributed by atoms with E-state index in [2.05, 4.69) is 31.1 Å². The van der Waals surface area contributed by atoms with E-state index in [0.717, 1.165) is 17.6 Å². The molecule has 0 saturated heterocycles. The molecule has 0 aliphatic rings. The number of benzene rings is 1. The van der Waals surface area contributed by atoms with E-state index in [4.69, 9.17) is 4.74 Å².